The van der Waals surface area contributed by atoms with Crippen LogP contribution in [0.1, 0.15) is 329 Å². The second-order valence-corrected chi connectivity index (χ2v) is 30.4. The molecule has 0 aromatic rings. The second kappa shape index (κ2) is 80.7. The van der Waals surface area contributed by atoms with Crippen LogP contribution in [0.15, 0.2) is 158 Å². The molecule has 16 nitrogen and oxygen atoms in total. The Labute approximate surface area is 650 Å². The predicted octanol–water partition coefficient (Wildman–Crippen LogP) is 25.0. The highest BCUT2D eigenvalue weighted by atomic mass is 31.2. The summed E-state index contributed by atoms with van der Waals surface area (Å²) in [4.78, 5) is 58.8. The SMILES string of the molecule is CC/C=C\C/C=C\C/C=C\C/C=C\C/C=C\C/C=C\CCCCCCCCCCCCC(=O)OCC(O)COP(=O)(O)OCC(O)COP(=O)(O)OCC(COC(=O)CCCCCCCCC/C=C\C/C=C\C/C=C\C/C=C\CCCCC)OC(=O)CCCCCCCC/C=C\C/C=C\C/C=C\CCCCC. The van der Waals surface area contributed by atoms with Crippen LogP contribution in [0, 0.1) is 0 Å². The van der Waals surface area contributed by atoms with Gasteiger partial charge < -0.3 is 34.2 Å². The molecule has 5 atom stereocenters. The fourth-order valence-corrected chi connectivity index (χ4v) is 12.4. The van der Waals surface area contributed by atoms with Crippen molar-refractivity contribution in [2.24, 2.45) is 0 Å². The molecule has 107 heavy (non-hydrogen) atoms. The number of aliphatic hydroxyl groups excluding tert-OH is 2. The van der Waals surface area contributed by atoms with Crippen LogP contribution in [0.2, 0.25) is 0 Å². The Morgan fingerprint density at radius 1 is 0.271 bits per heavy atom. The van der Waals surface area contributed by atoms with Crippen LogP contribution >= 0.6 is 15.6 Å². The summed E-state index contributed by atoms with van der Waals surface area (Å²) in [5.41, 5.74) is 0. The van der Waals surface area contributed by atoms with E-state index in [2.05, 4.69) is 179 Å². The Balaban J connectivity index is 4.63. The maximum Gasteiger partial charge on any atom is 0.472 e. The molecule has 0 aliphatic rings. The summed E-state index contributed by atoms with van der Waals surface area (Å²) in [5.74, 6) is -1.61. The van der Waals surface area contributed by atoms with Gasteiger partial charge in [0.25, 0.3) is 0 Å². The number of hydrogen-bond donors (Lipinski definition) is 4. The van der Waals surface area contributed by atoms with Gasteiger partial charge in [-0.2, -0.15) is 0 Å². The Bertz CT molecular complexity index is 2580. The van der Waals surface area contributed by atoms with E-state index in [0.29, 0.717) is 19.3 Å². The van der Waals surface area contributed by atoms with Crippen molar-refractivity contribution in [1.82, 2.24) is 0 Å². The lowest BCUT2D eigenvalue weighted by molar-refractivity contribution is -0.161. The van der Waals surface area contributed by atoms with Gasteiger partial charge in [-0.3, -0.25) is 32.5 Å². The fraction of sp³-hybridized carbons (Fsp3) is 0.674. The minimum absolute atomic E-state index is 0.0834. The van der Waals surface area contributed by atoms with Crippen LogP contribution in [0.4, 0.5) is 0 Å². The molecule has 0 spiro atoms. The largest absolute Gasteiger partial charge is 0.472 e. The first kappa shape index (κ1) is 102. The van der Waals surface area contributed by atoms with Crippen molar-refractivity contribution >= 4 is 33.6 Å². The summed E-state index contributed by atoms with van der Waals surface area (Å²) in [6, 6.07) is 0. The van der Waals surface area contributed by atoms with Gasteiger partial charge in [0.2, 0.25) is 0 Å². The minimum Gasteiger partial charge on any atom is -0.463 e. The summed E-state index contributed by atoms with van der Waals surface area (Å²) < 4.78 is 61.3. The quantitative estimate of drug-likeness (QED) is 0.0146. The third kappa shape index (κ3) is 82.0. The molecule has 0 aliphatic heterocycles. The Hall–Kier alpha value is -4.83. The van der Waals surface area contributed by atoms with Crippen molar-refractivity contribution in [1.29, 1.82) is 0 Å². The maximum absolute atomic E-state index is 13.0. The number of ether oxygens (including phenoxy) is 3. The molecule has 0 heterocycles. The molecule has 0 bridgehead atoms. The molecule has 0 radical (unpaired) electrons. The Morgan fingerprint density at radius 2 is 0.495 bits per heavy atom. The molecule has 0 amide bonds. The van der Waals surface area contributed by atoms with Gasteiger partial charge in [0.1, 0.15) is 25.4 Å². The summed E-state index contributed by atoms with van der Waals surface area (Å²) >= 11 is 0. The zero-order valence-electron chi connectivity index (χ0n) is 67.0. The van der Waals surface area contributed by atoms with Crippen molar-refractivity contribution in [3.05, 3.63) is 158 Å². The normalized spacial score (nSPS) is 14.7. The fourth-order valence-electron chi connectivity index (χ4n) is 10.9. The molecule has 5 unspecified atom stereocenters. The summed E-state index contributed by atoms with van der Waals surface area (Å²) in [5, 5.41) is 20.7. The van der Waals surface area contributed by atoms with Crippen LogP contribution in [0.5, 0.6) is 0 Å². The third-order valence-electron chi connectivity index (χ3n) is 17.2. The van der Waals surface area contributed by atoms with Gasteiger partial charge >= 0.3 is 33.6 Å². The van der Waals surface area contributed by atoms with Crippen LogP contribution in [0.25, 0.3) is 0 Å². The van der Waals surface area contributed by atoms with Gasteiger partial charge in [0.05, 0.1) is 26.4 Å². The van der Waals surface area contributed by atoms with Crippen molar-refractivity contribution in [3.8, 4) is 0 Å². The van der Waals surface area contributed by atoms with E-state index in [9.17, 15) is 43.5 Å². The first-order chi connectivity index (χ1) is 52.2. The first-order valence-electron chi connectivity index (χ1n) is 41.8. The van der Waals surface area contributed by atoms with Crippen molar-refractivity contribution in [2.45, 2.75) is 347 Å². The molecule has 0 saturated carbocycles. The van der Waals surface area contributed by atoms with E-state index in [1.165, 1.54) is 77.0 Å². The van der Waals surface area contributed by atoms with Crippen LogP contribution < -0.4 is 0 Å². The molecule has 0 fully saturated rings. The maximum atomic E-state index is 13.0. The van der Waals surface area contributed by atoms with E-state index in [-0.39, 0.29) is 19.3 Å². The topological polar surface area (TPSA) is 231 Å². The minimum atomic E-state index is -4.95. The van der Waals surface area contributed by atoms with Crippen molar-refractivity contribution < 1.29 is 75.8 Å². The van der Waals surface area contributed by atoms with E-state index in [0.717, 1.165) is 193 Å². The Kier molecular flexibility index (Phi) is 77.0. The lowest BCUT2D eigenvalue weighted by Gasteiger charge is -2.21. The molecule has 0 rings (SSSR count). The molecular formula is C89H150O16P2. The van der Waals surface area contributed by atoms with Crippen molar-refractivity contribution in [3.63, 3.8) is 0 Å². The number of esters is 3. The number of phosphoric acid groups is 2. The monoisotopic (exact) mass is 1540 g/mol. The zero-order valence-corrected chi connectivity index (χ0v) is 68.8. The van der Waals surface area contributed by atoms with Crippen LogP contribution in [-0.2, 0) is 55.8 Å². The molecule has 18 heteroatoms. The van der Waals surface area contributed by atoms with Crippen LogP contribution in [-0.4, -0.2) is 95.9 Å². The molecule has 0 aromatic heterocycles. The first-order valence-corrected chi connectivity index (χ1v) is 44.8. The van der Waals surface area contributed by atoms with E-state index in [1.54, 1.807) is 0 Å². The molecular weight excluding hydrogens is 1390 g/mol. The highest BCUT2D eigenvalue weighted by Gasteiger charge is 2.29. The average molecular weight is 1540 g/mol. The van der Waals surface area contributed by atoms with Gasteiger partial charge in [0.15, 0.2) is 6.10 Å². The predicted molar refractivity (Wildman–Crippen MR) is 445 cm³/mol. The lowest BCUT2D eigenvalue weighted by Crippen LogP contribution is -2.30. The van der Waals surface area contributed by atoms with E-state index in [4.69, 9.17) is 32.3 Å². The smallest absolute Gasteiger partial charge is 0.463 e. The number of allylic oxidation sites excluding steroid dienone is 26. The number of rotatable bonds is 78. The van der Waals surface area contributed by atoms with Gasteiger partial charge in [-0.05, 0) is 154 Å². The van der Waals surface area contributed by atoms with Crippen LogP contribution in [0.3, 0.4) is 0 Å². The number of carbonyl (C=O) groups is 3. The van der Waals surface area contributed by atoms with Gasteiger partial charge in [-0.1, -0.05) is 314 Å². The summed E-state index contributed by atoms with van der Waals surface area (Å²) in [6.07, 6.45) is 101. The Morgan fingerprint density at radius 3 is 0.785 bits per heavy atom. The summed E-state index contributed by atoms with van der Waals surface area (Å²) in [6.45, 7) is 2.49. The van der Waals surface area contributed by atoms with E-state index >= 15 is 0 Å². The number of carbonyl (C=O) groups excluding carboxylic acids is 3. The van der Waals surface area contributed by atoms with E-state index < -0.39 is 91.5 Å². The zero-order chi connectivity index (χ0) is 78.0. The second-order valence-electron chi connectivity index (χ2n) is 27.5. The lowest BCUT2D eigenvalue weighted by atomic mass is 10.1. The highest BCUT2D eigenvalue weighted by molar-refractivity contribution is 7.47. The standard InChI is InChI=1S/C89H150O16P2/c1-4-7-10-13-16-19-22-25-28-31-34-36-38-39-40-41-42-43-45-47-49-51-54-57-60-63-66-69-72-75-87(92)99-78-84(90)79-101-106(95,96)102-80-85(91)81-103-107(97,98)104-83-86(105-89(94)77-74-71-68-65-62-59-56-53-48-33-30-27-24-21-18-15-12-9-6-3)82-100-88(93)76-73-70-67-64-61-58-55-52-50-46-44-37-35-32-29-26-23-20-17-14-11-8-5-2/h7,10,16-21,25-30,34-37,39-40,42-43,46,48,50,53,84-86,90-91H,4-6,8-9,11-15,22-24,31-33,38,41,44-45,47,49,51-52,54-83H2,1-3H3,(H,95,96)(H,97,98)/b10-7-,19-16-,20-17-,21-18-,28-25-,29-26-,30-27-,36-34-,37-35-,40-39-,43-42-,50-46-,53-48-. The molecule has 0 aliphatic carbocycles. The molecule has 0 aromatic carbocycles. The number of unbranched alkanes of at least 4 members (excludes halogenated alkanes) is 29. The van der Waals surface area contributed by atoms with Crippen molar-refractivity contribution in [2.75, 3.05) is 39.6 Å². The van der Waals surface area contributed by atoms with Gasteiger partial charge in [0, 0.05) is 19.3 Å². The van der Waals surface area contributed by atoms with Gasteiger partial charge in [-0.15, -0.1) is 0 Å². The number of phosphoric ester groups is 2. The molecule has 0 saturated heterocycles. The third-order valence-corrected chi connectivity index (χ3v) is 19.1. The molecule has 612 valence electrons. The van der Waals surface area contributed by atoms with E-state index in [1.807, 2.05) is 0 Å². The number of hydrogen-bond acceptors (Lipinski definition) is 14. The highest BCUT2D eigenvalue weighted by Crippen LogP contribution is 2.45. The van der Waals surface area contributed by atoms with Gasteiger partial charge in [-0.25, -0.2) is 9.13 Å². The summed E-state index contributed by atoms with van der Waals surface area (Å²) in [7, 11) is -9.81. The number of aliphatic hydroxyl groups is 2. The average Bonchev–Trinajstić information content (AvgIpc) is 0.907. The molecule has 4 N–H and O–H groups in total.